The fourth-order valence-corrected chi connectivity index (χ4v) is 3.89. The van der Waals surface area contributed by atoms with Gasteiger partial charge in [-0.15, -0.1) is 0 Å². The van der Waals surface area contributed by atoms with Crippen molar-refractivity contribution in [1.82, 2.24) is 0 Å². The summed E-state index contributed by atoms with van der Waals surface area (Å²) in [6.45, 7) is 3.67. The van der Waals surface area contributed by atoms with Gasteiger partial charge in [-0.2, -0.15) is 0 Å². The van der Waals surface area contributed by atoms with Crippen molar-refractivity contribution in [2.45, 2.75) is 50.3 Å². The summed E-state index contributed by atoms with van der Waals surface area (Å²) in [7, 11) is 1.55. The van der Waals surface area contributed by atoms with Crippen molar-refractivity contribution >= 4 is 17.6 Å². The van der Waals surface area contributed by atoms with Crippen LogP contribution in [0.1, 0.15) is 35.9 Å². The molecule has 0 radical (unpaired) electrons. The predicted molar refractivity (Wildman–Crippen MR) is 106 cm³/mol. The lowest BCUT2D eigenvalue weighted by Crippen LogP contribution is -2.36. The summed E-state index contributed by atoms with van der Waals surface area (Å²) < 4.78 is 29.5. The van der Waals surface area contributed by atoms with E-state index in [1.807, 2.05) is 32.0 Å². The molecule has 1 unspecified atom stereocenters. The minimum Gasteiger partial charge on any atom is -0.451 e. The largest absolute Gasteiger partial charge is 0.451 e. The molecule has 2 aliphatic rings. The fraction of sp³-hybridized carbons (Fsp3) is 0.409. The number of methoxy groups -OCH3 is 1. The average Bonchev–Trinajstić information content (AvgIpc) is 3.20. The van der Waals surface area contributed by atoms with Crippen LogP contribution in [0.5, 0.6) is 0 Å². The Bertz CT molecular complexity index is 853. The first-order chi connectivity index (χ1) is 13.9. The third kappa shape index (κ3) is 4.17. The molecule has 2 saturated heterocycles. The van der Waals surface area contributed by atoms with Crippen LogP contribution in [0, 0.1) is 0 Å². The number of esters is 1. The summed E-state index contributed by atoms with van der Waals surface area (Å²) >= 11 is 6.05. The molecular formula is C22H23ClO6. The molecule has 2 aliphatic heterocycles. The van der Waals surface area contributed by atoms with Gasteiger partial charge in [-0.3, -0.25) is 0 Å². The smallest absolute Gasteiger partial charge is 0.338 e. The van der Waals surface area contributed by atoms with E-state index in [1.165, 1.54) is 0 Å². The Morgan fingerprint density at radius 3 is 2.34 bits per heavy atom. The number of carbonyl (C=O) groups is 1. The van der Waals surface area contributed by atoms with Crippen molar-refractivity contribution in [3.05, 3.63) is 70.7 Å². The minimum absolute atomic E-state index is 0.426. The maximum absolute atomic E-state index is 12.8. The lowest BCUT2D eigenvalue weighted by atomic mass is 9.99. The van der Waals surface area contributed by atoms with Crippen molar-refractivity contribution in [2.75, 3.05) is 7.11 Å². The summed E-state index contributed by atoms with van der Waals surface area (Å²) in [6, 6.07) is 15.9. The standard InChI is InChI=1S/C22H23ClO6/c1-22(2)28-18-17(27-21(25-3)19(18)29-22)16(13-9-11-15(23)12-10-13)26-20(24)14-7-5-4-6-8-14/h4-12,16-19,21H,1-3H3/t16-,17-,18-,19-,21?/m1/s1. The first-order valence-electron chi connectivity index (χ1n) is 9.43. The zero-order valence-corrected chi connectivity index (χ0v) is 17.2. The highest BCUT2D eigenvalue weighted by molar-refractivity contribution is 6.30. The highest BCUT2D eigenvalue weighted by atomic mass is 35.5. The monoisotopic (exact) mass is 418 g/mol. The van der Waals surface area contributed by atoms with E-state index in [0.29, 0.717) is 10.6 Å². The normalized spacial score (nSPS) is 28.7. The molecule has 29 heavy (non-hydrogen) atoms. The van der Waals surface area contributed by atoms with E-state index in [1.54, 1.807) is 43.5 Å². The Hall–Kier alpha value is -1.96. The van der Waals surface area contributed by atoms with Crippen molar-refractivity contribution in [2.24, 2.45) is 0 Å². The van der Waals surface area contributed by atoms with Crippen LogP contribution in [0.3, 0.4) is 0 Å². The highest BCUT2D eigenvalue weighted by Crippen LogP contribution is 2.44. The van der Waals surface area contributed by atoms with Crippen LogP contribution in [-0.2, 0) is 23.7 Å². The quantitative estimate of drug-likeness (QED) is 0.680. The average molecular weight is 419 g/mol. The van der Waals surface area contributed by atoms with Crippen LogP contribution in [-0.4, -0.2) is 43.5 Å². The lowest BCUT2D eigenvalue weighted by molar-refractivity contribution is -0.237. The summed E-state index contributed by atoms with van der Waals surface area (Å²) in [6.07, 6.45) is -2.85. The second kappa shape index (κ2) is 8.05. The molecule has 154 valence electrons. The van der Waals surface area contributed by atoms with Gasteiger partial charge in [-0.25, -0.2) is 4.79 Å². The molecular weight excluding hydrogens is 396 g/mol. The number of hydrogen-bond acceptors (Lipinski definition) is 6. The van der Waals surface area contributed by atoms with E-state index in [-0.39, 0.29) is 0 Å². The first kappa shape index (κ1) is 20.3. The van der Waals surface area contributed by atoms with Crippen molar-refractivity contribution < 1.29 is 28.5 Å². The molecule has 0 bridgehead atoms. The Morgan fingerprint density at radius 1 is 1.03 bits per heavy atom. The highest BCUT2D eigenvalue weighted by Gasteiger charge is 2.58. The van der Waals surface area contributed by atoms with Crippen molar-refractivity contribution in [3.8, 4) is 0 Å². The zero-order valence-electron chi connectivity index (χ0n) is 16.4. The molecule has 2 aromatic rings. The summed E-state index contributed by atoms with van der Waals surface area (Å²) in [4.78, 5) is 12.8. The van der Waals surface area contributed by atoms with E-state index in [0.717, 1.165) is 5.56 Å². The van der Waals surface area contributed by atoms with Crippen molar-refractivity contribution in [3.63, 3.8) is 0 Å². The Labute approximate surface area is 174 Å². The molecule has 0 saturated carbocycles. The van der Waals surface area contributed by atoms with E-state index >= 15 is 0 Å². The molecule has 4 rings (SSSR count). The SMILES string of the molecule is COC1O[C@H]([C@H](OC(=O)c2ccccc2)c2ccc(Cl)cc2)[C@H]2OC(C)(C)O[C@@H]12. The van der Waals surface area contributed by atoms with E-state index in [2.05, 4.69) is 0 Å². The molecule has 0 aromatic heterocycles. The van der Waals surface area contributed by atoms with Gasteiger partial charge in [0.2, 0.25) is 0 Å². The number of rotatable bonds is 5. The first-order valence-corrected chi connectivity index (χ1v) is 9.81. The fourth-order valence-electron chi connectivity index (χ4n) is 3.76. The van der Waals surface area contributed by atoms with Crippen LogP contribution >= 0.6 is 11.6 Å². The molecule has 0 N–H and O–H groups in total. The van der Waals surface area contributed by atoms with Gasteiger partial charge in [-0.1, -0.05) is 41.9 Å². The van der Waals surface area contributed by atoms with Gasteiger partial charge in [-0.05, 0) is 43.7 Å². The number of hydrogen-bond donors (Lipinski definition) is 0. The maximum Gasteiger partial charge on any atom is 0.338 e. The van der Waals surface area contributed by atoms with E-state index in [4.69, 9.17) is 35.3 Å². The molecule has 2 heterocycles. The Morgan fingerprint density at radius 2 is 1.69 bits per heavy atom. The number of carbonyl (C=O) groups excluding carboxylic acids is 1. The van der Waals surface area contributed by atoms with Crippen molar-refractivity contribution in [1.29, 1.82) is 0 Å². The number of benzene rings is 2. The van der Waals surface area contributed by atoms with Gasteiger partial charge in [0.1, 0.15) is 18.3 Å². The molecule has 6 nitrogen and oxygen atoms in total. The van der Waals surface area contributed by atoms with Gasteiger partial charge < -0.3 is 23.7 Å². The molecule has 5 atom stereocenters. The molecule has 2 fully saturated rings. The predicted octanol–water partition coefficient (Wildman–Crippen LogP) is 4.13. The topological polar surface area (TPSA) is 63.2 Å². The molecule has 0 aliphatic carbocycles. The lowest BCUT2D eigenvalue weighted by Gasteiger charge is -2.29. The van der Waals surface area contributed by atoms with Gasteiger partial charge in [0, 0.05) is 12.1 Å². The Kier molecular flexibility index (Phi) is 5.64. The minimum atomic E-state index is -0.790. The van der Waals surface area contributed by atoms with Crippen LogP contribution < -0.4 is 0 Å². The molecule has 0 amide bonds. The second-order valence-corrected chi connectivity index (χ2v) is 7.95. The number of halogens is 1. The third-order valence-corrected chi connectivity index (χ3v) is 5.27. The molecule has 0 spiro atoms. The molecule has 2 aromatic carbocycles. The van der Waals surface area contributed by atoms with Crippen LogP contribution in [0.25, 0.3) is 0 Å². The summed E-state index contributed by atoms with van der Waals surface area (Å²) in [5.74, 6) is -1.24. The number of ether oxygens (including phenoxy) is 5. The van der Waals surface area contributed by atoms with Crippen LogP contribution in [0.15, 0.2) is 54.6 Å². The van der Waals surface area contributed by atoms with Crippen LogP contribution in [0.4, 0.5) is 0 Å². The third-order valence-electron chi connectivity index (χ3n) is 5.02. The zero-order chi connectivity index (χ0) is 20.6. The second-order valence-electron chi connectivity index (χ2n) is 7.51. The van der Waals surface area contributed by atoms with Gasteiger partial charge in [0.05, 0.1) is 5.56 Å². The Balaban J connectivity index is 1.66. The summed E-state index contributed by atoms with van der Waals surface area (Å²) in [5.41, 5.74) is 1.20. The van der Waals surface area contributed by atoms with E-state index in [9.17, 15) is 4.79 Å². The summed E-state index contributed by atoms with van der Waals surface area (Å²) in [5, 5.41) is 0.587. The van der Waals surface area contributed by atoms with E-state index < -0.39 is 42.5 Å². The van der Waals surface area contributed by atoms with Crippen LogP contribution in [0.2, 0.25) is 5.02 Å². The van der Waals surface area contributed by atoms with Gasteiger partial charge in [0.15, 0.2) is 18.2 Å². The number of fused-ring (bicyclic) bond motifs is 1. The maximum atomic E-state index is 12.8. The van der Waals surface area contributed by atoms with Gasteiger partial charge >= 0.3 is 5.97 Å². The van der Waals surface area contributed by atoms with Gasteiger partial charge in [0.25, 0.3) is 0 Å². The molecule has 7 heteroatoms.